The third-order valence-corrected chi connectivity index (χ3v) is 7.44. The number of nitrogens with zero attached hydrogens (tertiary/aromatic N) is 1. The van der Waals surface area contributed by atoms with Crippen molar-refractivity contribution in [3.63, 3.8) is 0 Å². The van der Waals surface area contributed by atoms with Crippen molar-refractivity contribution in [3.05, 3.63) is 75.3 Å². The number of fused-ring (bicyclic) bond motifs is 1. The normalized spacial score (nSPS) is 21.6. The molecule has 1 aliphatic heterocycles. The lowest BCUT2D eigenvalue weighted by Crippen LogP contribution is -2.36. The smallest absolute Gasteiger partial charge is 0.459 e. The summed E-state index contributed by atoms with van der Waals surface area (Å²) in [7, 11) is -4.29. The predicted octanol–water partition coefficient (Wildman–Crippen LogP) is 2.22. The number of esters is 1. The van der Waals surface area contributed by atoms with E-state index in [9.17, 15) is 28.4 Å². The quantitative estimate of drug-likeness (QED) is 0.252. The van der Waals surface area contributed by atoms with E-state index < -0.39 is 61.9 Å². The Bertz CT molecular complexity index is 1470. The van der Waals surface area contributed by atoms with Crippen molar-refractivity contribution < 1.29 is 37.4 Å². The van der Waals surface area contributed by atoms with Crippen molar-refractivity contribution in [2.24, 2.45) is 0 Å². The molecule has 14 heteroatoms. The van der Waals surface area contributed by atoms with Crippen molar-refractivity contribution >= 4 is 24.5 Å². The van der Waals surface area contributed by atoms with Crippen LogP contribution in [0.4, 0.5) is 4.39 Å². The van der Waals surface area contributed by atoms with Crippen LogP contribution in [-0.2, 0) is 23.4 Å². The molecule has 38 heavy (non-hydrogen) atoms. The number of halogens is 1. The molecule has 204 valence electrons. The number of aromatic nitrogens is 2. The molecule has 0 saturated carbocycles. The molecule has 0 radical (unpaired) electrons. The monoisotopic (exact) mass is 551 g/mol. The first-order valence-corrected chi connectivity index (χ1v) is 13.4. The average Bonchev–Trinajstić information content (AvgIpc) is 3.25. The molecule has 1 fully saturated rings. The van der Waals surface area contributed by atoms with E-state index in [2.05, 4.69) is 5.09 Å². The Morgan fingerprint density at radius 2 is 2.03 bits per heavy atom. The van der Waals surface area contributed by atoms with E-state index in [1.165, 1.54) is 6.92 Å². The number of hydrogen-bond donors (Lipinski definition) is 3. The van der Waals surface area contributed by atoms with Gasteiger partial charge in [-0.25, -0.2) is 9.36 Å². The van der Waals surface area contributed by atoms with Crippen LogP contribution in [0.3, 0.4) is 0 Å². The first-order chi connectivity index (χ1) is 18.1. The number of rotatable bonds is 10. The molecule has 3 N–H and O–H groups in total. The molecule has 1 saturated heterocycles. The average molecular weight is 551 g/mol. The summed E-state index contributed by atoms with van der Waals surface area (Å²) < 4.78 is 50.4. The van der Waals surface area contributed by atoms with E-state index in [4.69, 9.17) is 18.5 Å². The lowest BCUT2D eigenvalue weighted by molar-refractivity contribution is -0.144. The Hall–Kier alpha value is -3.35. The minimum absolute atomic E-state index is 0.106. The fraction of sp³-hybridized carbons (Fsp3) is 0.375. The van der Waals surface area contributed by atoms with Crippen LogP contribution < -0.4 is 20.9 Å². The van der Waals surface area contributed by atoms with Crippen LogP contribution in [0.2, 0.25) is 0 Å². The zero-order valence-corrected chi connectivity index (χ0v) is 21.4. The van der Waals surface area contributed by atoms with Crippen molar-refractivity contribution in [1.82, 2.24) is 14.6 Å². The largest absolute Gasteiger partial charge is 0.465 e. The van der Waals surface area contributed by atoms with E-state index >= 15 is 0 Å². The molecule has 0 bridgehead atoms. The highest BCUT2D eigenvalue weighted by molar-refractivity contribution is 7.52. The van der Waals surface area contributed by atoms with Crippen LogP contribution >= 0.6 is 7.75 Å². The summed E-state index contributed by atoms with van der Waals surface area (Å²) in [5.74, 6) is -1.67. The van der Waals surface area contributed by atoms with Gasteiger partial charge in [0.15, 0.2) is 0 Å². The van der Waals surface area contributed by atoms with Crippen molar-refractivity contribution in [1.29, 1.82) is 0 Å². The van der Waals surface area contributed by atoms with Gasteiger partial charge in [-0.3, -0.25) is 23.7 Å². The van der Waals surface area contributed by atoms with E-state index in [0.717, 1.165) is 9.95 Å². The molecule has 0 aliphatic carbocycles. The molecule has 0 amide bonds. The maximum absolute atomic E-state index is 13.9. The second-order valence-electron chi connectivity index (χ2n) is 8.54. The van der Waals surface area contributed by atoms with E-state index in [1.807, 2.05) is 23.2 Å². The number of ether oxygens (including phenoxy) is 2. The summed E-state index contributed by atoms with van der Waals surface area (Å²) in [6, 6.07) is 11.3. The van der Waals surface area contributed by atoms with E-state index in [0.29, 0.717) is 11.6 Å². The third-order valence-electron chi connectivity index (χ3n) is 5.81. The zero-order valence-electron chi connectivity index (χ0n) is 20.5. The van der Waals surface area contributed by atoms with Gasteiger partial charge in [0.05, 0.1) is 25.5 Å². The third kappa shape index (κ3) is 6.20. The number of carbonyl (C=O) groups excluding carboxylic acids is 1. The Kier molecular flexibility index (Phi) is 8.44. The Morgan fingerprint density at radius 3 is 2.79 bits per heavy atom. The Morgan fingerprint density at radius 1 is 1.29 bits per heavy atom. The molecule has 2 unspecified atom stereocenters. The number of benzene rings is 2. The fourth-order valence-electron chi connectivity index (χ4n) is 3.93. The van der Waals surface area contributed by atoms with Gasteiger partial charge in [-0.05, 0) is 25.3 Å². The Balaban J connectivity index is 1.55. The summed E-state index contributed by atoms with van der Waals surface area (Å²) in [4.78, 5) is 37.4. The molecule has 2 aromatic carbocycles. The number of aromatic amines is 1. The molecule has 5 atom stereocenters. The number of H-pyrrole nitrogens is 1. The molecule has 2 heterocycles. The summed E-state index contributed by atoms with van der Waals surface area (Å²) in [5.41, 5.74) is -2.11. The minimum atomic E-state index is -4.29. The summed E-state index contributed by atoms with van der Waals surface area (Å²) in [6.45, 7) is 2.67. The second-order valence-corrected chi connectivity index (χ2v) is 10.2. The molecule has 4 rings (SSSR count). The highest BCUT2D eigenvalue weighted by Crippen LogP contribution is 2.47. The maximum atomic E-state index is 13.9. The number of hydrogen-bond acceptors (Lipinski definition) is 9. The molecule has 1 aromatic heterocycles. The lowest BCUT2D eigenvalue weighted by atomic mass is 10.1. The maximum Gasteiger partial charge on any atom is 0.459 e. The molecule has 0 spiro atoms. The molecular weight excluding hydrogens is 524 g/mol. The summed E-state index contributed by atoms with van der Waals surface area (Å²) in [6.07, 6.45) is -2.89. The number of carbonyl (C=O) groups is 1. The van der Waals surface area contributed by atoms with Gasteiger partial charge in [-0.2, -0.15) is 9.48 Å². The van der Waals surface area contributed by atoms with Crippen LogP contribution in [0, 0.1) is 5.82 Å². The number of nitrogens with one attached hydrogen (secondary N) is 2. The zero-order chi connectivity index (χ0) is 27.4. The van der Waals surface area contributed by atoms with Crippen LogP contribution in [0.1, 0.15) is 26.5 Å². The van der Waals surface area contributed by atoms with Crippen LogP contribution in [-0.4, -0.2) is 52.1 Å². The highest BCUT2D eigenvalue weighted by atomic mass is 31.2. The molecule has 12 nitrogen and oxygen atoms in total. The Labute approximate surface area is 215 Å². The minimum Gasteiger partial charge on any atom is -0.465 e. The standard InChI is InChI=1S/C24H27FN3O9P/c1-3-34-23(31)14(2)27-38(33,37-19-10-6-8-15-7-4-5-9-16(15)19)35-13-20-18(29)11-21(36-20)28-12-17(25)22(30)26-24(28)32/h4-10,12,14,18,20-21,29H,3,11,13H2,1-2H3,(H,27,33)(H,26,30,32)/t14-,18+,20?,21+,38?/m0/s1. The SMILES string of the molecule is CCOC(=O)[C@H](C)NP(=O)(OCC1O[C@@H](n2cc(F)c(=O)[nH]c2=O)C[C@H]1O)Oc1cccc2ccccc12. The summed E-state index contributed by atoms with van der Waals surface area (Å²) >= 11 is 0. The second kappa shape index (κ2) is 11.6. The van der Waals surface area contributed by atoms with Crippen LogP contribution in [0.15, 0.2) is 58.3 Å². The van der Waals surface area contributed by atoms with Gasteiger partial charge >= 0.3 is 19.4 Å². The first kappa shape index (κ1) is 27.7. The number of aliphatic hydroxyl groups is 1. The lowest BCUT2D eigenvalue weighted by Gasteiger charge is -2.25. The van der Waals surface area contributed by atoms with Crippen molar-refractivity contribution in [2.45, 2.75) is 44.7 Å². The predicted molar refractivity (Wildman–Crippen MR) is 133 cm³/mol. The fourth-order valence-corrected chi connectivity index (χ4v) is 5.46. The van der Waals surface area contributed by atoms with Gasteiger partial charge in [-0.1, -0.05) is 36.4 Å². The van der Waals surface area contributed by atoms with Gasteiger partial charge in [0.1, 0.15) is 24.1 Å². The molecular formula is C24H27FN3O9P. The van der Waals surface area contributed by atoms with Gasteiger partial charge in [0.2, 0.25) is 5.82 Å². The molecule has 1 aliphatic rings. The van der Waals surface area contributed by atoms with Gasteiger partial charge < -0.3 is 19.1 Å². The van der Waals surface area contributed by atoms with Crippen molar-refractivity contribution in [2.75, 3.05) is 13.2 Å². The van der Waals surface area contributed by atoms with Gasteiger partial charge in [0.25, 0.3) is 5.56 Å². The van der Waals surface area contributed by atoms with Gasteiger partial charge in [0, 0.05) is 11.8 Å². The van der Waals surface area contributed by atoms with E-state index in [-0.39, 0.29) is 18.8 Å². The summed E-state index contributed by atoms with van der Waals surface area (Å²) in [5, 5.41) is 14.5. The molecule has 3 aromatic rings. The first-order valence-electron chi connectivity index (χ1n) is 11.8. The topological polar surface area (TPSA) is 158 Å². The van der Waals surface area contributed by atoms with Gasteiger partial charge in [-0.15, -0.1) is 0 Å². The highest BCUT2D eigenvalue weighted by Gasteiger charge is 2.39. The van der Waals surface area contributed by atoms with Crippen molar-refractivity contribution in [3.8, 4) is 5.75 Å². The number of aliphatic hydroxyl groups excluding tert-OH is 1. The van der Waals surface area contributed by atoms with Crippen LogP contribution in [0.25, 0.3) is 10.8 Å². The van der Waals surface area contributed by atoms with E-state index in [1.54, 1.807) is 31.2 Å². The van der Waals surface area contributed by atoms with Crippen LogP contribution in [0.5, 0.6) is 5.75 Å².